The molecule has 31 heavy (non-hydrogen) atoms. The van der Waals surface area contributed by atoms with Crippen LogP contribution in [-0.4, -0.2) is 21.6 Å². The van der Waals surface area contributed by atoms with Crippen LogP contribution in [0.4, 0.5) is 5.69 Å². The number of fused-ring (bicyclic) bond motifs is 1. The van der Waals surface area contributed by atoms with Crippen molar-refractivity contribution >= 4 is 39.1 Å². The van der Waals surface area contributed by atoms with Crippen LogP contribution in [0, 0.1) is 6.92 Å². The fraction of sp³-hybridized carbons (Fsp3) is 0.208. The Balaban J connectivity index is 1.44. The first-order valence-electron chi connectivity index (χ1n) is 10.3. The number of nitrogens with one attached hydrogen (secondary N) is 2. The molecule has 0 saturated carbocycles. The third kappa shape index (κ3) is 4.67. The topological polar surface area (TPSA) is 76.0 Å². The lowest BCUT2D eigenvalue weighted by atomic mass is 10.2. The van der Waals surface area contributed by atoms with Crippen molar-refractivity contribution in [3.8, 4) is 5.69 Å². The molecule has 0 aliphatic carbocycles. The van der Waals surface area contributed by atoms with Gasteiger partial charge in [-0.1, -0.05) is 37.3 Å². The van der Waals surface area contributed by atoms with E-state index in [0.717, 1.165) is 39.3 Å². The molecule has 2 amide bonds. The van der Waals surface area contributed by atoms with Crippen LogP contribution in [0.2, 0.25) is 0 Å². The summed E-state index contributed by atoms with van der Waals surface area (Å²) in [5, 5.41) is 11.5. The zero-order valence-corrected chi connectivity index (χ0v) is 18.3. The molecule has 7 heteroatoms. The van der Waals surface area contributed by atoms with E-state index in [9.17, 15) is 9.59 Å². The number of thiophene rings is 1. The van der Waals surface area contributed by atoms with Crippen LogP contribution in [0.5, 0.6) is 0 Å². The highest BCUT2D eigenvalue weighted by Crippen LogP contribution is 2.30. The summed E-state index contributed by atoms with van der Waals surface area (Å²) >= 11 is 1.44. The third-order valence-corrected chi connectivity index (χ3v) is 6.05. The van der Waals surface area contributed by atoms with E-state index in [1.54, 1.807) is 0 Å². The van der Waals surface area contributed by atoms with Crippen LogP contribution < -0.4 is 10.6 Å². The first-order valence-corrected chi connectivity index (χ1v) is 11.1. The van der Waals surface area contributed by atoms with E-state index < -0.39 is 0 Å². The van der Waals surface area contributed by atoms with Gasteiger partial charge in [-0.2, -0.15) is 5.10 Å². The summed E-state index contributed by atoms with van der Waals surface area (Å²) in [7, 11) is 0. The number of hydrogen-bond acceptors (Lipinski definition) is 4. The fourth-order valence-electron chi connectivity index (χ4n) is 3.33. The van der Waals surface area contributed by atoms with Crippen LogP contribution >= 0.6 is 11.3 Å². The number of benzene rings is 2. The molecule has 0 bridgehead atoms. The Morgan fingerprint density at radius 2 is 1.81 bits per heavy atom. The van der Waals surface area contributed by atoms with Gasteiger partial charge in [0.15, 0.2) is 0 Å². The molecule has 2 N–H and O–H groups in total. The highest BCUT2D eigenvalue weighted by Gasteiger charge is 2.17. The smallest absolute Gasteiger partial charge is 0.261 e. The second-order valence-corrected chi connectivity index (χ2v) is 8.37. The molecule has 6 nitrogen and oxygen atoms in total. The van der Waals surface area contributed by atoms with Gasteiger partial charge in [0.1, 0.15) is 4.83 Å². The van der Waals surface area contributed by atoms with Crippen molar-refractivity contribution in [2.45, 2.75) is 33.2 Å². The number of rotatable bonds is 7. The van der Waals surface area contributed by atoms with Crippen molar-refractivity contribution in [3.05, 3.63) is 76.8 Å². The summed E-state index contributed by atoms with van der Waals surface area (Å²) < 4.78 is 1.89. The molecule has 0 aliphatic rings. The largest absolute Gasteiger partial charge is 0.347 e. The summed E-state index contributed by atoms with van der Waals surface area (Å²) in [4.78, 5) is 26.0. The molecule has 0 aliphatic heterocycles. The lowest BCUT2D eigenvalue weighted by Crippen LogP contribution is -2.21. The van der Waals surface area contributed by atoms with Gasteiger partial charge in [0.05, 0.1) is 16.3 Å². The van der Waals surface area contributed by atoms with Crippen molar-refractivity contribution < 1.29 is 9.59 Å². The van der Waals surface area contributed by atoms with Crippen LogP contribution in [0.1, 0.15) is 40.7 Å². The molecule has 0 unspecified atom stereocenters. The van der Waals surface area contributed by atoms with E-state index in [1.165, 1.54) is 11.3 Å². The van der Waals surface area contributed by atoms with Gasteiger partial charge in [-0.25, -0.2) is 4.68 Å². The summed E-state index contributed by atoms with van der Waals surface area (Å²) in [5.74, 6) is -0.0989. The Labute approximate surface area is 184 Å². The lowest BCUT2D eigenvalue weighted by Gasteiger charge is -2.07. The normalized spacial score (nSPS) is 10.9. The molecule has 2 aromatic carbocycles. The zero-order chi connectivity index (χ0) is 21.8. The number of aromatic nitrogens is 2. The quantitative estimate of drug-likeness (QED) is 0.428. The fourth-order valence-corrected chi connectivity index (χ4v) is 4.43. The standard InChI is InChI=1S/C24H24N4O2S/c1-3-7-22(29)26-18-12-10-17(11-13-18)15-25-23(30)21-14-20-16(2)27-28(24(20)31-21)19-8-5-4-6-9-19/h4-6,8-14H,3,7,15H2,1-2H3,(H,25,30)(H,26,29). The van der Waals surface area contributed by atoms with Gasteiger partial charge >= 0.3 is 0 Å². The number of carbonyl (C=O) groups excluding carboxylic acids is 2. The maximum Gasteiger partial charge on any atom is 0.261 e. The van der Waals surface area contributed by atoms with Gasteiger partial charge in [0, 0.05) is 24.0 Å². The van der Waals surface area contributed by atoms with Crippen LogP contribution in [0.15, 0.2) is 60.7 Å². The SMILES string of the molecule is CCCC(=O)Nc1ccc(CNC(=O)c2cc3c(C)nn(-c4ccccc4)c3s2)cc1. The second kappa shape index (κ2) is 9.14. The van der Waals surface area contributed by atoms with Crippen LogP contribution in [0.25, 0.3) is 15.9 Å². The minimum absolute atomic E-state index is 0.0117. The van der Waals surface area contributed by atoms with Crippen molar-refractivity contribution in [2.24, 2.45) is 0 Å². The molecular weight excluding hydrogens is 408 g/mol. The molecule has 4 aromatic rings. The molecule has 2 aromatic heterocycles. The molecule has 0 saturated heterocycles. The van der Waals surface area contributed by atoms with E-state index in [2.05, 4.69) is 15.7 Å². The van der Waals surface area contributed by atoms with Gasteiger partial charge in [-0.3, -0.25) is 9.59 Å². The summed E-state index contributed by atoms with van der Waals surface area (Å²) in [5.41, 5.74) is 3.60. The summed E-state index contributed by atoms with van der Waals surface area (Å²) in [6.07, 6.45) is 1.32. The number of aryl methyl sites for hydroxylation is 1. The highest BCUT2D eigenvalue weighted by atomic mass is 32.1. The van der Waals surface area contributed by atoms with Crippen molar-refractivity contribution in [2.75, 3.05) is 5.32 Å². The predicted octanol–water partition coefficient (Wildman–Crippen LogP) is 5.06. The maximum absolute atomic E-state index is 12.7. The van der Waals surface area contributed by atoms with Crippen molar-refractivity contribution in [3.63, 3.8) is 0 Å². The highest BCUT2D eigenvalue weighted by molar-refractivity contribution is 7.20. The number of anilines is 1. The van der Waals surface area contributed by atoms with Gasteiger partial charge in [-0.15, -0.1) is 11.3 Å². The zero-order valence-electron chi connectivity index (χ0n) is 17.5. The average Bonchev–Trinajstić information content (AvgIpc) is 3.34. The minimum Gasteiger partial charge on any atom is -0.347 e. The second-order valence-electron chi connectivity index (χ2n) is 7.34. The summed E-state index contributed by atoms with van der Waals surface area (Å²) in [6.45, 7) is 4.35. The predicted molar refractivity (Wildman–Crippen MR) is 125 cm³/mol. The molecule has 4 rings (SSSR count). The Bertz CT molecular complexity index is 1210. The minimum atomic E-state index is -0.111. The van der Waals surface area contributed by atoms with Crippen molar-refractivity contribution in [1.82, 2.24) is 15.1 Å². The number of nitrogens with zero attached hydrogens (tertiary/aromatic N) is 2. The third-order valence-electron chi connectivity index (χ3n) is 4.94. The number of hydrogen-bond donors (Lipinski definition) is 2. The number of amides is 2. The lowest BCUT2D eigenvalue weighted by molar-refractivity contribution is -0.116. The molecule has 0 atom stereocenters. The molecule has 0 fully saturated rings. The van der Waals surface area contributed by atoms with Gasteiger partial charge in [-0.05, 0) is 49.2 Å². The molecule has 2 heterocycles. The van der Waals surface area contributed by atoms with E-state index >= 15 is 0 Å². The monoisotopic (exact) mass is 432 g/mol. The maximum atomic E-state index is 12.7. The Kier molecular flexibility index (Phi) is 6.13. The molecule has 158 valence electrons. The first-order chi connectivity index (χ1) is 15.0. The van der Waals surface area contributed by atoms with E-state index in [1.807, 2.05) is 79.2 Å². The van der Waals surface area contributed by atoms with Gasteiger partial charge < -0.3 is 10.6 Å². The van der Waals surface area contributed by atoms with E-state index in [4.69, 9.17) is 0 Å². The Morgan fingerprint density at radius 3 is 2.52 bits per heavy atom. The van der Waals surface area contributed by atoms with Gasteiger partial charge in [0.25, 0.3) is 5.91 Å². The average molecular weight is 433 g/mol. The Hall–Kier alpha value is -3.45. The first kappa shape index (κ1) is 20.8. The number of carbonyl (C=O) groups is 2. The van der Waals surface area contributed by atoms with Crippen LogP contribution in [-0.2, 0) is 11.3 Å². The van der Waals surface area contributed by atoms with Crippen LogP contribution in [0.3, 0.4) is 0 Å². The van der Waals surface area contributed by atoms with Crippen molar-refractivity contribution in [1.29, 1.82) is 0 Å². The Morgan fingerprint density at radius 1 is 1.06 bits per heavy atom. The molecule has 0 radical (unpaired) electrons. The van der Waals surface area contributed by atoms with E-state index in [-0.39, 0.29) is 11.8 Å². The van der Waals surface area contributed by atoms with Gasteiger partial charge in [0.2, 0.25) is 5.91 Å². The number of para-hydroxylation sites is 1. The molecular formula is C24H24N4O2S. The summed E-state index contributed by atoms with van der Waals surface area (Å²) in [6, 6.07) is 19.3. The molecule has 0 spiro atoms. The van der Waals surface area contributed by atoms with E-state index in [0.29, 0.717) is 17.8 Å².